The first-order chi connectivity index (χ1) is 9.25. The van der Waals surface area contributed by atoms with Crippen molar-refractivity contribution in [3.63, 3.8) is 0 Å². The predicted molar refractivity (Wildman–Crippen MR) is 73.8 cm³/mol. The molecule has 98 valence electrons. The number of rotatable bonds is 4. The van der Waals surface area contributed by atoms with Crippen LogP contribution in [0.25, 0.3) is 0 Å². The number of amides is 2. The molecule has 2 rings (SSSR count). The molecule has 0 fully saturated rings. The zero-order valence-corrected chi connectivity index (χ0v) is 10.8. The Balaban J connectivity index is 1.83. The molecule has 19 heavy (non-hydrogen) atoms. The Morgan fingerprint density at radius 1 is 1.26 bits per heavy atom. The van der Waals surface area contributed by atoms with Gasteiger partial charge < -0.3 is 10.2 Å². The van der Waals surface area contributed by atoms with Gasteiger partial charge in [-0.15, -0.1) is 0 Å². The van der Waals surface area contributed by atoms with Crippen LogP contribution in [0.1, 0.15) is 5.69 Å². The van der Waals surface area contributed by atoms with Crippen molar-refractivity contribution in [1.82, 2.24) is 14.9 Å². The lowest BCUT2D eigenvalue weighted by Crippen LogP contribution is -2.33. The molecule has 0 aliphatic heterocycles. The second kappa shape index (κ2) is 6.49. The van der Waals surface area contributed by atoms with Crippen LogP contribution in [-0.2, 0) is 6.42 Å². The molecule has 1 aromatic carbocycles. The third-order valence-corrected chi connectivity index (χ3v) is 2.69. The zero-order chi connectivity index (χ0) is 13.5. The van der Waals surface area contributed by atoms with E-state index in [9.17, 15) is 4.79 Å². The lowest BCUT2D eigenvalue weighted by Gasteiger charge is -2.17. The quantitative estimate of drug-likeness (QED) is 0.912. The Kier molecular flexibility index (Phi) is 4.44. The van der Waals surface area contributed by atoms with E-state index in [1.807, 2.05) is 30.3 Å². The van der Waals surface area contributed by atoms with Crippen LogP contribution in [0.2, 0.25) is 0 Å². The summed E-state index contributed by atoms with van der Waals surface area (Å²) in [6.45, 7) is 0.595. The summed E-state index contributed by atoms with van der Waals surface area (Å²) in [6, 6.07) is 9.26. The minimum atomic E-state index is -0.130. The third kappa shape index (κ3) is 4.06. The highest BCUT2D eigenvalue weighted by Crippen LogP contribution is 2.06. The highest BCUT2D eigenvalue weighted by atomic mass is 16.2. The van der Waals surface area contributed by atoms with Gasteiger partial charge in [0.05, 0.1) is 5.69 Å². The molecule has 2 amide bonds. The highest BCUT2D eigenvalue weighted by Gasteiger charge is 2.08. The molecule has 0 saturated carbocycles. The van der Waals surface area contributed by atoms with Gasteiger partial charge in [-0.1, -0.05) is 18.2 Å². The van der Waals surface area contributed by atoms with Crippen LogP contribution in [0, 0.1) is 0 Å². The topological polar surface area (TPSA) is 58.1 Å². The Hall–Kier alpha value is -2.43. The van der Waals surface area contributed by atoms with Gasteiger partial charge in [-0.2, -0.15) is 0 Å². The standard InChI is InChI=1S/C14H16N4O/c1-18(10-7-13-11-15-8-9-16-13)14(19)17-12-5-3-2-4-6-12/h2-6,8-9,11H,7,10H2,1H3,(H,17,19). The van der Waals surface area contributed by atoms with E-state index in [1.165, 1.54) is 0 Å². The van der Waals surface area contributed by atoms with E-state index in [0.29, 0.717) is 13.0 Å². The largest absolute Gasteiger partial charge is 0.327 e. The smallest absolute Gasteiger partial charge is 0.321 e. The summed E-state index contributed by atoms with van der Waals surface area (Å²) in [6.07, 6.45) is 5.68. The number of benzene rings is 1. The molecule has 0 aliphatic rings. The second-order valence-electron chi connectivity index (χ2n) is 4.16. The number of nitrogens with one attached hydrogen (secondary N) is 1. The van der Waals surface area contributed by atoms with E-state index in [-0.39, 0.29) is 6.03 Å². The van der Waals surface area contributed by atoms with Gasteiger partial charge in [0.25, 0.3) is 0 Å². The summed E-state index contributed by atoms with van der Waals surface area (Å²) in [5, 5.41) is 2.83. The van der Waals surface area contributed by atoms with Crippen LogP contribution in [0.4, 0.5) is 10.5 Å². The number of urea groups is 1. The van der Waals surface area contributed by atoms with E-state index in [0.717, 1.165) is 11.4 Å². The van der Waals surface area contributed by atoms with Gasteiger partial charge in [-0.3, -0.25) is 9.97 Å². The number of nitrogens with zero attached hydrogens (tertiary/aromatic N) is 3. The van der Waals surface area contributed by atoms with Crippen LogP contribution in [0.15, 0.2) is 48.9 Å². The average Bonchev–Trinajstić information content (AvgIpc) is 2.47. The number of carbonyl (C=O) groups excluding carboxylic acids is 1. The summed E-state index contributed by atoms with van der Waals surface area (Å²) >= 11 is 0. The fourth-order valence-corrected chi connectivity index (χ4v) is 1.58. The van der Waals surface area contributed by atoms with Gasteiger partial charge in [0.1, 0.15) is 0 Å². The number of aromatic nitrogens is 2. The van der Waals surface area contributed by atoms with Crippen molar-refractivity contribution in [2.24, 2.45) is 0 Å². The molecular formula is C14H16N4O. The van der Waals surface area contributed by atoms with Crippen LogP contribution in [0.5, 0.6) is 0 Å². The van der Waals surface area contributed by atoms with Gasteiger partial charge >= 0.3 is 6.03 Å². The molecule has 5 heteroatoms. The summed E-state index contributed by atoms with van der Waals surface area (Å²) < 4.78 is 0. The normalized spacial score (nSPS) is 9.95. The van der Waals surface area contributed by atoms with Gasteiger partial charge in [0, 0.05) is 44.3 Å². The van der Waals surface area contributed by atoms with Crippen molar-refractivity contribution in [2.45, 2.75) is 6.42 Å². The number of hydrogen-bond acceptors (Lipinski definition) is 3. The number of hydrogen-bond donors (Lipinski definition) is 1. The second-order valence-corrected chi connectivity index (χ2v) is 4.16. The molecule has 1 heterocycles. The van der Waals surface area contributed by atoms with Gasteiger partial charge in [0.2, 0.25) is 0 Å². The number of carbonyl (C=O) groups is 1. The van der Waals surface area contributed by atoms with Crippen molar-refractivity contribution in [3.8, 4) is 0 Å². The number of likely N-dealkylation sites (N-methyl/N-ethyl adjacent to an activating group) is 1. The van der Waals surface area contributed by atoms with Crippen LogP contribution in [-0.4, -0.2) is 34.5 Å². The molecule has 0 atom stereocenters. The molecule has 0 aliphatic carbocycles. The highest BCUT2D eigenvalue weighted by molar-refractivity contribution is 5.89. The molecule has 5 nitrogen and oxygen atoms in total. The molecule has 1 aromatic heterocycles. The van der Waals surface area contributed by atoms with Crippen LogP contribution < -0.4 is 5.32 Å². The third-order valence-electron chi connectivity index (χ3n) is 2.69. The van der Waals surface area contributed by atoms with Crippen molar-refractivity contribution >= 4 is 11.7 Å². The molecule has 0 saturated heterocycles. The lowest BCUT2D eigenvalue weighted by atomic mass is 10.3. The summed E-state index contributed by atoms with van der Waals surface area (Å²) in [4.78, 5) is 21.7. The first kappa shape index (κ1) is 13.0. The van der Waals surface area contributed by atoms with Crippen molar-refractivity contribution in [1.29, 1.82) is 0 Å². The first-order valence-corrected chi connectivity index (χ1v) is 6.08. The van der Waals surface area contributed by atoms with Crippen molar-refractivity contribution in [2.75, 3.05) is 18.9 Å². The number of anilines is 1. The van der Waals surface area contributed by atoms with E-state index < -0.39 is 0 Å². The van der Waals surface area contributed by atoms with Crippen LogP contribution >= 0.6 is 0 Å². The van der Waals surface area contributed by atoms with Gasteiger partial charge in [0.15, 0.2) is 0 Å². The Labute approximate surface area is 112 Å². The van der Waals surface area contributed by atoms with E-state index in [4.69, 9.17) is 0 Å². The zero-order valence-electron chi connectivity index (χ0n) is 10.8. The fourth-order valence-electron chi connectivity index (χ4n) is 1.58. The van der Waals surface area contributed by atoms with Gasteiger partial charge in [-0.05, 0) is 12.1 Å². The Morgan fingerprint density at radius 2 is 2.05 bits per heavy atom. The Bertz CT molecular complexity index is 515. The summed E-state index contributed by atoms with van der Waals surface area (Å²) in [5.74, 6) is 0. The molecule has 0 bridgehead atoms. The van der Waals surface area contributed by atoms with Crippen LogP contribution in [0.3, 0.4) is 0 Å². The monoisotopic (exact) mass is 256 g/mol. The molecule has 2 aromatic rings. The maximum Gasteiger partial charge on any atom is 0.321 e. The maximum absolute atomic E-state index is 11.9. The van der Waals surface area contributed by atoms with E-state index in [1.54, 1.807) is 30.5 Å². The van der Waals surface area contributed by atoms with E-state index >= 15 is 0 Å². The van der Waals surface area contributed by atoms with Gasteiger partial charge in [-0.25, -0.2) is 4.79 Å². The first-order valence-electron chi connectivity index (χ1n) is 6.08. The average molecular weight is 256 g/mol. The summed E-state index contributed by atoms with van der Waals surface area (Å²) in [7, 11) is 1.76. The van der Waals surface area contributed by atoms with E-state index in [2.05, 4.69) is 15.3 Å². The molecule has 0 unspecified atom stereocenters. The molecule has 0 radical (unpaired) electrons. The molecular weight excluding hydrogens is 240 g/mol. The fraction of sp³-hybridized carbons (Fsp3) is 0.214. The molecule has 0 spiro atoms. The van der Waals surface area contributed by atoms with Crippen molar-refractivity contribution in [3.05, 3.63) is 54.6 Å². The van der Waals surface area contributed by atoms with Crippen molar-refractivity contribution < 1.29 is 4.79 Å². The maximum atomic E-state index is 11.9. The predicted octanol–water partition coefficient (Wildman–Crippen LogP) is 2.18. The minimum absolute atomic E-state index is 0.130. The Morgan fingerprint density at radius 3 is 2.74 bits per heavy atom. The summed E-state index contributed by atoms with van der Waals surface area (Å²) in [5.41, 5.74) is 1.67. The lowest BCUT2D eigenvalue weighted by molar-refractivity contribution is 0.223. The SMILES string of the molecule is CN(CCc1cnccn1)C(=O)Nc1ccccc1. The number of para-hydroxylation sites is 1. The molecule has 1 N–H and O–H groups in total. The minimum Gasteiger partial charge on any atom is -0.327 e.